The molecule has 1 aliphatic carbocycles. The number of carbonyl (C=O) groups excluding carboxylic acids is 1. The molecular formula is C14H16F2O2. The average Bonchev–Trinajstić information content (AvgIpc) is 2.39. The summed E-state index contributed by atoms with van der Waals surface area (Å²) in [4.78, 5) is 12.1. The monoisotopic (exact) mass is 254 g/mol. The Bertz CT molecular complexity index is 395. The third-order valence-corrected chi connectivity index (χ3v) is 3.34. The van der Waals surface area contributed by atoms with Crippen LogP contribution in [0.15, 0.2) is 24.3 Å². The number of rotatable bonds is 4. The summed E-state index contributed by atoms with van der Waals surface area (Å²) < 4.78 is 28.2. The molecule has 0 atom stereocenters. The minimum absolute atomic E-state index is 0.0881. The maximum atomic E-state index is 12.1. The van der Waals surface area contributed by atoms with Gasteiger partial charge in [0.15, 0.2) is 5.78 Å². The first-order chi connectivity index (χ1) is 8.66. The molecule has 1 aromatic rings. The number of hydrogen-bond donors (Lipinski definition) is 0. The zero-order valence-corrected chi connectivity index (χ0v) is 10.1. The van der Waals surface area contributed by atoms with Crippen LogP contribution < -0.4 is 4.74 Å². The summed E-state index contributed by atoms with van der Waals surface area (Å²) in [6.07, 6.45) is 5.28. The molecule has 0 N–H and O–H groups in total. The molecule has 0 radical (unpaired) electrons. The molecular weight excluding hydrogens is 238 g/mol. The van der Waals surface area contributed by atoms with E-state index in [9.17, 15) is 13.6 Å². The van der Waals surface area contributed by atoms with Crippen LogP contribution in [0.3, 0.4) is 0 Å². The van der Waals surface area contributed by atoms with Gasteiger partial charge in [-0.15, -0.1) is 0 Å². The van der Waals surface area contributed by atoms with Gasteiger partial charge in [-0.1, -0.05) is 19.3 Å². The van der Waals surface area contributed by atoms with Crippen molar-refractivity contribution >= 4 is 5.78 Å². The van der Waals surface area contributed by atoms with Crippen LogP contribution in [-0.2, 0) is 0 Å². The Morgan fingerprint density at radius 2 is 1.72 bits per heavy atom. The standard InChI is InChI=1S/C14H16F2O2/c15-14(16)18-12-8-6-11(7-9-12)13(17)10-4-2-1-3-5-10/h6-10,14H,1-5H2. The minimum atomic E-state index is -2.83. The summed E-state index contributed by atoms with van der Waals surface area (Å²) in [5, 5.41) is 0. The maximum absolute atomic E-state index is 12.1. The van der Waals surface area contributed by atoms with E-state index in [0.29, 0.717) is 5.56 Å². The van der Waals surface area contributed by atoms with Gasteiger partial charge in [0.05, 0.1) is 0 Å². The van der Waals surface area contributed by atoms with Crippen LogP contribution >= 0.6 is 0 Å². The van der Waals surface area contributed by atoms with Crippen LogP contribution in [0, 0.1) is 5.92 Å². The Hall–Kier alpha value is -1.45. The highest BCUT2D eigenvalue weighted by Gasteiger charge is 2.22. The highest BCUT2D eigenvalue weighted by Crippen LogP contribution is 2.27. The molecule has 0 heterocycles. The van der Waals surface area contributed by atoms with Crippen molar-refractivity contribution in [1.82, 2.24) is 0 Å². The van der Waals surface area contributed by atoms with E-state index >= 15 is 0 Å². The van der Waals surface area contributed by atoms with E-state index in [-0.39, 0.29) is 17.5 Å². The smallest absolute Gasteiger partial charge is 0.387 e. The largest absolute Gasteiger partial charge is 0.435 e. The third kappa shape index (κ3) is 3.28. The van der Waals surface area contributed by atoms with Gasteiger partial charge >= 0.3 is 6.61 Å². The Labute approximate surface area is 105 Å². The predicted octanol–water partition coefficient (Wildman–Crippen LogP) is 4.05. The van der Waals surface area contributed by atoms with Gasteiger partial charge < -0.3 is 4.74 Å². The molecule has 98 valence electrons. The van der Waals surface area contributed by atoms with E-state index in [1.807, 2.05) is 0 Å². The summed E-state index contributed by atoms with van der Waals surface area (Å²) in [6.45, 7) is -2.83. The van der Waals surface area contributed by atoms with Gasteiger partial charge in [0, 0.05) is 11.5 Å². The van der Waals surface area contributed by atoms with Crippen LogP contribution in [0.5, 0.6) is 5.75 Å². The first-order valence-electron chi connectivity index (χ1n) is 6.26. The van der Waals surface area contributed by atoms with Crippen LogP contribution in [0.4, 0.5) is 8.78 Å². The first-order valence-corrected chi connectivity index (χ1v) is 6.26. The van der Waals surface area contributed by atoms with Gasteiger partial charge in [0.1, 0.15) is 5.75 Å². The number of ketones is 1. The van der Waals surface area contributed by atoms with E-state index in [4.69, 9.17) is 0 Å². The summed E-state index contributed by atoms with van der Waals surface area (Å²) in [7, 11) is 0. The quantitative estimate of drug-likeness (QED) is 0.758. The fourth-order valence-corrected chi connectivity index (χ4v) is 2.40. The highest BCUT2D eigenvalue weighted by atomic mass is 19.3. The van der Waals surface area contributed by atoms with E-state index in [2.05, 4.69) is 4.74 Å². The third-order valence-electron chi connectivity index (χ3n) is 3.34. The maximum Gasteiger partial charge on any atom is 0.387 e. The van der Waals surface area contributed by atoms with Crippen LogP contribution in [0.2, 0.25) is 0 Å². The average molecular weight is 254 g/mol. The molecule has 1 saturated carbocycles. The molecule has 1 aromatic carbocycles. The molecule has 0 bridgehead atoms. The second-order valence-corrected chi connectivity index (χ2v) is 4.60. The topological polar surface area (TPSA) is 26.3 Å². The number of Topliss-reactive ketones (excluding diaryl/α,β-unsaturated/α-hetero) is 1. The zero-order valence-electron chi connectivity index (χ0n) is 10.1. The zero-order chi connectivity index (χ0) is 13.0. The first kappa shape index (κ1) is 13.0. The van der Waals surface area contributed by atoms with E-state index < -0.39 is 6.61 Å². The predicted molar refractivity (Wildman–Crippen MR) is 64.0 cm³/mol. The van der Waals surface area contributed by atoms with Gasteiger partial charge in [0.25, 0.3) is 0 Å². The number of carbonyl (C=O) groups is 1. The molecule has 1 fully saturated rings. The molecule has 0 aromatic heterocycles. The Morgan fingerprint density at radius 1 is 1.11 bits per heavy atom. The van der Waals surface area contributed by atoms with Crippen molar-refractivity contribution in [2.45, 2.75) is 38.7 Å². The lowest BCUT2D eigenvalue weighted by Crippen LogP contribution is -2.17. The summed E-state index contributed by atoms with van der Waals surface area (Å²) in [6, 6.07) is 5.97. The van der Waals surface area contributed by atoms with Crippen LogP contribution in [0.1, 0.15) is 42.5 Å². The second-order valence-electron chi connectivity index (χ2n) is 4.60. The molecule has 0 aliphatic heterocycles. The second kappa shape index (κ2) is 5.94. The van der Waals surface area contributed by atoms with Gasteiger partial charge in [-0.3, -0.25) is 4.79 Å². The fraction of sp³-hybridized carbons (Fsp3) is 0.500. The molecule has 0 spiro atoms. The lowest BCUT2D eigenvalue weighted by Gasteiger charge is -2.20. The number of benzene rings is 1. The molecule has 18 heavy (non-hydrogen) atoms. The minimum Gasteiger partial charge on any atom is -0.435 e. The highest BCUT2D eigenvalue weighted by molar-refractivity contribution is 5.97. The van der Waals surface area contributed by atoms with Crippen molar-refractivity contribution in [3.8, 4) is 5.75 Å². The molecule has 2 rings (SSSR count). The van der Waals surface area contributed by atoms with Gasteiger partial charge in [-0.05, 0) is 37.1 Å². The molecule has 4 heteroatoms. The lowest BCUT2D eigenvalue weighted by molar-refractivity contribution is -0.0498. The number of hydrogen-bond acceptors (Lipinski definition) is 2. The van der Waals surface area contributed by atoms with E-state index in [0.717, 1.165) is 25.7 Å². The molecule has 2 nitrogen and oxygen atoms in total. The summed E-state index contributed by atoms with van der Waals surface area (Å²) in [5.41, 5.74) is 0.587. The molecule has 0 unspecified atom stereocenters. The lowest BCUT2D eigenvalue weighted by atomic mass is 9.84. The van der Waals surface area contributed by atoms with Gasteiger partial charge in [0.2, 0.25) is 0 Å². The summed E-state index contributed by atoms with van der Waals surface area (Å²) >= 11 is 0. The van der Waals surface area contributed by atoms with Gasteiger partial charge in [-0.25, -0.2) is 0 Å². The normalized spacial score (nSPS) is 16.8. The van der Waals surface area contributed by atoms with Crippen molar-refractivity contribution in [1.29, 1.82) is 0 Å². The number of alkyl halides is 2. The Morgan fingerprint density at radius 3 is 2.28 bits per heavy atom. The molecule has 1 aliphatic rings. The Kier molecular flexibility index (Phi) is 4.28. The van der Waals surface area contributed by atoms with Crippen LogP contribution in [0.25, 0.3) is 0 Å². The molecule has 0 saturated heterocycles. The van der Waals surface area contributed by atoms with Crippen molar-refractivity contribution in [3.63, 3.8) is 0 Å². The van der Waals surface area contributed by atoms with Crippen molar-refractivity contribution in [2.24, 2.45) is 5.92 Å². The summed E-state index contributed by atoms with van der Waals surface area (Å²) in [5.74, 6) is 0.309. The van der Waals surface area contributed by atoms with E-state index in [1.54, 1.807) is 12.1 Å². The van der Waals surface area contributed by atoms with Gasteiger partial charge in [-0.2, -0.15) is 8.78 Å². The molecule has 0 amide bonds. The SMILES string of the molecule is O=C(c1ccc(OC(F)F)cc1)C1CCCCC1. The van der Waals surface area contributed by atoms with Crippen molar-refractivity contribution in [3.05, 3.63) is 29.8 Å². The van der Waals surface area contributed by atoms with Crippen LogP contribution in [-0.4, -0.2) is 12.4 Å². The Balaban J connectivity index is 2.02. The van der Waals surface area contributed by atoms with E-state index in [1.165, 1.54) is 18.6 Å². The van der Waals surface area contributed by atoms with Crippen molar-refractivity contribution < 1.29 is 18.3 Å². The fourth-order valence-electron chi connectivity index (χ4n) is 2.40. The number of halogens is 2. The van der Waals surface area contributed by atoms with Crippen molar-refractivity contribution in [2.75, 3.05) is 0 Å². The number of ether oxygens (including phenoxy) is 1.